The molecule has 1 rings (SSSR count). The number of nitrogens with one attached hydrogen (secondary N) is 1. The van der Waals surface area contributed by atoms with Crippen molar-refractivity contribution in [3.63, 3.8) is 0 Å². The van der Waals surface area contributed by atoms with E-state index in [1.807, 2.05) is 5.51 Å². The summed E-state index contributed by atoms with van der Waals surface area (Å²) in [4.78, 5) is 4.19. The van der Waals surface area contributed by atoms with Gasteiger partial charge in [-0.05, 0) is 0 Å². The Morgan fingerprint density at radius 3 is 3.00 bits per heavy atom. The molecule has 0 fully saturated rings. The molecule has 11 heavy (non-hydrogen) atoms. The van der Waals surface area contributed by atoms with Gasteiger partial charge in [-0.25, -0.2) is 4.98 Å². The molecule has 0 aliphatic heterocycles. The van der Waals surface area contributed by atoms with E-state index in [1.54, 1.807) is 11.3 Å². The Kier molecular flexibility index (Phi) is 3.52. The number of hydrogen-bond acceptors (Lipinski definition) is 3. The Balaban J connectivity index is 2.14. The third kappa shape index (κ3) is 3.49. The van der Waals surface area contributed by atoms with Crippen LogP contribution in [0.3, 0.4) is 0 Å². The fourth-order valence-corrected chi connectivity index (χ4v) is 1.44. The number of hydrogen-bond donors (Lipinski definition) is 1. The van der Waals surface area contributed by atoms with E-state index >= 15 is 0 Å². The molecular weight excluding hydrogens is 156 g/mol. The van der Waals surface area contributed by atoms with Crippen molar-refractivity contribution in [2.45, 2.75) is 26.3 Å². The van der Waals surface area contributed by atoms with Gasteiger partial charge in [-0.15, -0.1) is 11.3 Å². The number of nitrogens with zero attached hydrogens (tertiary/aromatic N) is 1. The van der Waals surface area contributed by atoms with Crippen LogP contribution >= 0.6 is 11.3 Å². The standard InChI is InChI=1S/C8H14N2S/c1-7(2)9-4-3-8-5-11-6-10-8/h5-7,9H,3-4H2,1-2H3. The SMILES string of the molecule is CC(C)NCCc1cscn1. The summed E-state index contributed by atoms with van der Waals surface area (Å²) in [6, 6.07) is 0.577. The fourth-order valence-electron chi connectivity index (χ4n) is 0.850. The molecule has 1 N–H and O–H groups in total. The van der Waals surface area contributed by atoms with Crippen molar-refractivity contribution in [3.8, 4) is 0 Å². The van der Waals surface area contributed by atoms with Gasteiger partial charge in [0.2, 0.25) is 0 Å². The molecule has 0 aromatic carbocycles. The van der Waals surface area contributed by atoms with Gasteiger partial charge in [0.15, 0.2) is 0 Å². The van der Waals surface area contributed by atoms with E-state index in [4.69, 9.17) is 0 Å². The van der Waals surface area contributed by atoms with Crippen LogP contribution in [0.2, 0.25) is 0 Å². The van der Waals surface area contributed by atoms with Crippen LogP contribution in [-0.2, 0) is 6.42 Å². The largest absolute Gasteiger partial charge is 0.314 e. The molecule has 1 aromatic rings. The monoisotopic (exact) mass is 170 g/mol. The fraction of sp³-hybridized carbons (Fsp3) is 0.625. The smallest absolute Gasteiger partial charge is 0.0794 e. The van der Waals surface area contributed by atoms with Crippen molar-refractivity contribution in [3.05, 3.63) is 16.6 Å². The highest BCUT2D eigenvalue weighted by Gasteiger charge is 1.95. The Labute approximate surface area is 71.7 Å². The predicted molar refractivity (Wildman–Crippen MR) is 49.0 cm³/mol. The number of rotatable bonds is 4. The van der Waals surface area contributed by atoms with Crippen molar-refractivity contribution in [1.29, 1.82) is 0 Å². The molecule has 62 valence electrons. The first-order chi connectivity index (χ1) is 5.29. The van der Waals surface area contributed by atoms with Crippen LogP contribution in [0.1, 0.15) is 19.5 Å². The first kappa shape index (κ1) is 8.68. The zero-order chi connectivity index (χ0) is 8.10. The van der Waals surface area contributed by atoms with Gasteiger partial charge in [-0.3, -0.25) is 0 Å². The molecule has 0 spiro atoms. The second-order valence-electron chi connectivity index (χ2n) is 2.84. The van der Waals surface area contributed by atoms with Crippen LogP contribution in [0.25, 0.3) is 0 Å². The number of thiazole rings is 1. The van der Waals surface area contributed by atoms with Crippen molar-refractivity contribution < 1.29 is 0 Å². The summed E-state index contributed by atoms with van der Waals surface area (Å²) in [5.41, 5.74) is 3.08. The maximum atomic E-state index is 4.19. The number of aromatic nitrogens is 1. The molecule has 0 bridgehead atoms. The summed E-state index contributed by atoms with van der Waals surface area (Å²) >= 11 is 1.66. The van der Waals surface area contributed by atoms with E-state index in [9.17, 15) is 0 Å². The average Bonchev–Trinajstić information content (AvgIpc) is 2.39. The van der Waals surface area contributed by atoms with Gasteiger partial charge in [0.05, 0.1) is 11.2 Å². The molecule has 0 saturated heterocycles. The van der Waals surface area contributed by atoms with Gasteiger partial charge in [0.1, 0.15) is 0 Å². The highest BCUT2D eigenvalue weighted by atomic mass is 32.1. The van der Waals surface area contributed by atoms with Crippen molar-refractivity contribution >= 4 is 11.3 Å². The molecule has 0 radical (unpaired) electrons. The molecule has 3 heteroatoms. The third-order valence-corrected chi connectivity index (χ3v) is 2.05. The molecular formula is C8H14N2S. The third-order valence-electron chi connectivity index (χ3n) is 1.42. The van der Waals surface area contributed by atoms with Gasteiger partial charge >= 0.3 is 0 Å². The molecule has 0 atom stereocenters. The van der Waals surface area contributed by atoms with Crippen molar-refractivity contribution in [2.75, 3.05) is 6.54 Å². The Morgan fingerprint density at radius 2 is 2.45 bits per heavy atom. The minimum atomic E-state index is 0.577. The summed E-state index contributed by atoms with van der Waals surface area (Å²) < 4.78 is 0. The van der Waals surface area contributed by atoms with E-state index in [-0.39, 0.29) is 0 Å². The second-order valence-corrected chi connectivity index (χ2v) is 3.56. The molecule has 0 aliphatic rings. The highest BCUT2D eigenvalue weighted by Crippen LogP contribution is 2.00. The Hall–Kier alpha value is -0.410. The van der Waals surface area contributed by atoms with Crippen molar-refractivity contribution in [1.82, 2.24) is 10.3 Å². The van der Waals surface area contributed by atoms with Crippen LogP contribution in [0, 0.1) is 0 Å². The lowest BCUT2D eigenvalue weighted by Gasteiger charge is -2.05. The molecule has 0 amide bonds. The molecule has 0 saturated carbocycles. The lowest BCUT2D eigenvalue weighted by molar-refractivity contribution is 0.588. The lowest BCUT2D eigenvalue weighted by Crippen LogP contribution is -2.24. The van der Waals surface area contributed by atoms with E-state index in [0.29, 0.717) is 6.04 Å². The van der Waals surface area contributed by atoms with Gasteiger partial charge in [0, 0.05) is 24.4 Å². The maximum Gasteiger partial charge on any atom is 0.0794 e. The van der Waals surface area contributed by atoms with E-state index in [0.717, 1.165) is 13.0 Å². The Bertz CT molecular complexity index is 182. The van der Waals surface area contributed by atoms with Gasteiger partial charge < -0.3 is 5.32 Å². The molecule has 0 aliphatic carbocycles. The minimum Gasteiger partial charge on any atom is -0.314 e. The summed E-state index contributed by atoms with van der Waals surface area (Å²) in [5.74, 6) is 0. The molecule has 1 aromatic heterocycles. The van der Waals surface area contributed by atoms with E-state index < -0.39 is 0 Å². The molecule has 0 unspecified atom stereocenters. The second kappa shape index (κ2) is 4.46. The van der Waals surface area contributed by atoms with Crippen molar-refractivity contribution in [2.24, 2.45) is 0 Å². The topological polar surface area (TPSA) is 24.9 Å². The maximum absolute atomic E-state index is 4.19. The summed E-state index contributed by atoms with van der Waals surface area (Å²) in [6.45, 7) is 5.34. The zero-order valence-corrected chi connectivity index (χ0v) is 7.82. The predicted octanol–water partition coefficient (Wildman–Crippen LogP) is 1.68. The first-order valence-corrected chi connectivity index (χ1v) is 4.84. The zero-order valence-electron chi connectivity index (χ0n) is 7.00. The summed E-state index contributed by atoms with van der Waals surface area (Å²) in [6.07, 6.45) is 1.04. The average molecular weight is 170 g/mol. The van der Waals surface area contributed by atoms with Crippen LogP contribution < -0.4 is 5.32 Å². The van der Waals surface area contributed by atoms with E-state index in [1.165, 1.54) is 5.69 Å². The van der Waals surface area contributed by atoms with Crippen LogP contribution in [0.4, 0.5) is 0 Å². The summed E-state index contributed by atoms with van der Waals surface area (Å²) in [7, 11) is 0. The molecule has 1 heterocycles. The van der Waals surface area contributed by atoms with Gasteiger partial charge in [-0.1, -0.05) is 13.8 Å². The Morgan fingerprint density at radius 1 is 1.64 bits per heavy atom. The van der Waals surface area contributed by atoms with E-state index in [2.05, 4.69) is 29.5 Å². The lowest BCUT2D eigenvalue weighted by atomic mass is 10.3. The van der Waals surface area contributed by atoms with Gasteiger partial charge in [-0.2, -0.15) is 0 Å². The van der Waals surface area contributed by atoms with Crippen LogP contribution in [-0.4, -0.2) is 17.6 Å². The van der Waals surface area contributed by atoms with Crippen LogP contribution in [0.15, 0.2) is 10.9 Å². The van der Waals surface area contributed by atoms with Gasteiger partial charge in [0.25, 0.3) is 0 Å². The minimum absolute atomic E-state index is 0.577. The highest BCUT2D eigenvalue weighted by molar-refractivity contribution is 7.07. The molecule has 2 nitrogen and oxygen atoms in total. The quantitative estimate of drug-likeness (QED) is 0.743. The van der Waals surface area contributed by atoms with Crippen LogP contribution in [0.5, 0.6) is 0 Å². The first-order valence-electron chi connectivity index (χ1n) is 3.89. The summed E-state index contributed by atoms with van der Waals surface area (Å²) in [5, 5.41) is 5.45. The normalized spacial score (nSPS) is 10.8.